The third-order valence-electron chi connectivity index (χ3n) is 2.15. The summed E-state index contributed by atoms with van der Waals surface area (Å²) in [4.78, 5) is 0. The average molecular weight is 295 g/mol. The van der Waals surface area contributed by atoms with Crippen molar-refractivity contribution in [3.63, 3.8) is 0 Å². The first kappa shape index (κ1) is 15.8. The number of nitrogens with zero attached hydrogens (tertiary/aromatic N) is 1. The predicted octanol–water partition coefficient (Wildman–Crippen LogP) is 1.40. The number of nitrogens with two attached hydrogens (primary N) is 1. The summed E-state index contributed by atoms with van der Waals surface area (Å²) in [5.41, 5.74) is 8.55. The Bertz CT molecular complexity index is 492. The Hall–Kier alpha value is -2.28. The fourth-order valence-electron chi connectivity index (χ4n) is 1.34. The van der Waals surface area contributed by atoms with Crippen molar-refractivity contribution in [3.8, 4) is 11.5 Å². The molecule has 1 aromatic rings. The summed E-state index contributed by atoms with van der Waals surface area (Å²) >= 11 is 4.64. The number of hydrazone groups is 1. The Kier molecular flexibility index (Phi) is 6.91. The molecular weight excluding hydrogens is 278 g/mol. The van der Waals surface area contributed by atoms with E-state index in [1.54, 1.807) is 25.5 Å². The van der Waals surface area contributed by atoms with Crippen LogP contribution in [0.25, 0.3) is 0 Å². The van der Waals surface area contributed by atoms with Crippen LogP contribution < -0.4 is 20.6 Å². The van der Waals surface area contributed by atoms with Crippen molar-refractivity contribution in [2.75, 3.05) is 20.3 Å². The lowest BCUT2D eigenvalue weighted by Crippen LogP contribution is -2.23. The fourth-order valence-corrected chi connectivity index (χ4v) is 1.39. The summed E-state index contributed by atoms with van der Waals surface area (Å²) in [5, 5.41) is 3.97. The van der Waals surface area contributed by atoms with Gasteiger partial charge in [-0.2, -0.15) is 5.10 Å². The van der Waals surface area contributed by atoms with E-state index in [2.05, 4.69) is 29.3 Å². The van der Waals surface area contributed by atoms with Gasteiger partial charge in [0.2, 0.25) is 0 Å². The highest BCUT2D eigenvalue weighted by Gasteiger charge is 2.04. The standard InChI is InChI=1S/C13H17N3O3S/c1-3-18-6-7-19-11-5-4-10(8-12(11)17-2)9-15-16-13(14)20/h3-5,8-9H,1,6-7H2,2H3,(H3,14,16,20). The molecule has 6 nitrogen and oxygen atoms in total. The third kappa shape index (κ3) is 5.57. The van der Waals surface area contributed by atoms with E-state index in [1.165, 1.54) is 6.26 Å². The Morgan fingerprint density at radius 2 is 2.25 bits per heavy atom. The summed E-state index contributed by atoms with van der Waals surface area (Å²) in [5.74, 6) is 1.22. The third-order valence-corrected chi connectivity index (χ3v) is 2.24. The molecule has 0 aliphatic rings. The van der Waals surface area contributed by atoms with Gasteiger partial charge in [0.15, 0.2) is 16.6 Å². The normalized spacial score (nSPS) is 10.1. The largest absolute Gasteiger partial charge is 0.498 e. The van der Waals surface area contributed by atoms with Crippen LogP contribution in [-0.2, 0) is 4.74 Å². The van der Waals surface area contributed by atoms with Crippen LogP contribution in [0.4, 0.5) is 0 Å². The van der Waals surface area contributed by atoms with Crippen molar-refractivity contribution in [2.24, 2.45) is 10.8 Å². The molecule has 1 rings (SSSR count). The van der Waals surface area contributed by atoms with Crippen molar-refractivity contribution in [2.45, 2.75) is 0 Å². The van der Waals surface area contributed by atoms with E-state index in [0.717, 1.165) is 5.56 Å². The number of thiocarbonyl (C=S) groups is 1. The van der Waals surface area contributed by atoms with Gasteiger partial charge in [0.05, 0.1) is 19.6 Å². The average Bonchev–Trinajstić information content (AvgIpc) is 2.44. The Balaban J connectivity index is 2.67. The summed E-state index contributed by atoms with van der Waals surface area (Å²) in [6.07, 6.45) is 2.95. The molecule has 0 aliphatic heterocycles. The van der Waals surface area contributed by atoms with Crippen LogP contribution in [0.3, 0.4) is 0 Å². The van der Waals surface area contributed by atoms with Crippen molar-refractivity contribution in [1.29, 1.82) is 0 Å². The molecule has 7 heteroatoms. The predicted molar refractivity (Wildman–Crippen MR) is 82.2 cm³/mol. The monoisotopic (exact) mass is 295 g/mol. The smallest absolute Gasteiger partial charge is 0.184 e. The zero-order valence-corrected chi connectivity index (χ0v) is 12.0. The van der Waals surface area contributed by atoms with Gasteiger partial charge in [-0.15, -0.1) is 0 Å². The van der Waals surface area contributed by atoms with Gasteiger partial charge in [0, 0.05) is 0 Å². The van der Waals surface area contributed by atoms with Gasteiger partial charge < -0.3 is 19.9 Å². The van der Waals surface area contributed by atoms with Crippen LogP contribution in [-0.4, -0.2) is 31.7 Å². The molecule has 0 amide bonds. The van der Waals surface area contributed by atoms with Crippen LogP contribution in [0.15, 0.2) is 36.1 Å². The maximum atomic E-state index is 5.53. The van der Waals surface area contributed by atoms with Gasteiger partial charge >= 0.3 is 0 Å². The molecule has 0 spiro atoms. The highest BCUT2D eigenvalue weighted by molar-refractivity contribution is 7.80. The van der Waals surface area contributed by atoms with Gasteiger partial charge in [0.1, 0.15) is 13.2 Å². The molecule has 0 fully saturated rings. The SMILES string of the molecule is C=COCCOc1ccc(C=NNC(N)=S)cc1OC. The second-order valence-corrected chi connectivity index (χ2v) is 3.97. The Morgan fingerprint density at radius 3 is 2.90 bits per heavy atom. The first-order valence-electron chi connectivity index (χ1n) is 5.79. The molecule has 0 saturated carbocycles. The van der Waals surface area contributed by atoms with Crippen LogP contribution in [0, 0.1) is 0 Å². The van der Waals surface area contributed by atoms with Crippen molar-refractivity contribution in [3.05, 3.63) is 36.6 Å². The molecule has 20 heavy (non-hydrogen) atoms. The Morgan fingerprint density at radius 1 is 1.45 bits per heavy atom. The van der Waals surface area contributed by atoms with E-state index in [9.17, 15) is 0 Å². The quantitative estimate of drug-likeness (QED) is 0.248. The van der Waals surface area contributed by atoms with Gasteiger partial charge in [-0.1, -0.05) is 6.58 Å². The molecule has 0 heterocycles. The number of nitrogens with one attached hydrogen (secondary N) is 1. The van der Waals surface area contributed by atoms with E-state index in [4.69, 9.17) is 19.9 Å². The lowest BCUT2D eigenvalue weighted by atomic mass is 10.2. The maximum absolute atomic E-state index is 5.53. The minimum absolute atomic E-state index is 0.107. The second-order valence-electron chi connectivity index (χ2n) is 3.53. The molecule has 0 aromatic heterocycles. The number of hydrogen-bond acceptors (Lipinski definition) is 5. The van der Waals surface area contributed by atoms with Crippen LogP contribution in [0.1, 0.15) is 5.56 Å². The first-order chi connectivity index (χ1) is 9.67. The molecule has 0 bridgehead atoms. The molecular formula is C13H17N3O3S. The fraction of sp³-hybridized carbons (Fsp3) is 0.231. The molecule has 0 unspecified atom stereocenters. The summed E-state index contributed by atoms with van der Waals surface area (Å²) in [6, 6.07) is 5.40. The summed E-state index contributed by atoms with van der Waals surface area (Å²) in [7, 11) is 1.57. The van der Waals surface area contributed by atoms with Gasteiger partial charge in [-0.3, -0.25) is 5.43 Å². The van der Waals surface area contributed by atoms with E-state index in [1.807, 2.05) is 6.07 Å². The first-order valence-corrected chi connectivity index (χ1v) is 6.20. The lowest BCUT2D eigenvalue weighted by Gasteiger charge is -2.11. The highest BCUT2D eigenvalue weighted by Crippen LogP contribution is 2.27. The van der Waals surface area contributed by atoms with Crippen LogP contribution in [0.5, 0.6) is 11.5 Å². The molecule has 0 radical (unpaired) electrons. The molecule has 0 saturated heterocycles. The Labute approximate surface area is 123 Å². The van der Waals surface area contributed by atoms with Crippen molar-refractivity contribution < 1.29 is 14.2 Å². The van der Waals surface area contributed by atoms with E-state index >= 15 is 0 Å². The maximum Gasteiger partial charge on any atom is 0.184 e. The number of hydrogen-bond donors (Lipinski definition) is 2. The zero-order valence-electron chi connectivity index (χ0n) is 11.2. The number of benzene rings is 1. The van der Waals surface area contributed by atoms with E-state index in [0.29, 0.717) is 24.7 Å². The van der Waals surface area contributed by atoms with E-state index < -0.39 is 0 Å². The molecule has 1 aromatic carbocycles. The number of rotatable bonds is 8. The van der Waals surface area contributed by atoms with Crippen molar-refractivity contribution in [1.82, 2.24) is 5.43 Å². The van der Waals surface area contributed by atoms with Gasteiger partial charge in [0.25, 0.3) is 0 Å². The molecule has 3 N–H and O–H groups in total. The van der Waals surface area contributed by atoms with Gasteiger partial charge in [-0.25, -0.2) is 0 Å². The molecule has 108 valence electrons. The van der Waals surface area contributed by atoms with Crippen LogP contribution >= 0.6 is 12.2 Å². The van der Waals surface area contributed by atoms with E-state index in [-0.39, 0.29) is 5.11 Å². The summed E-state index contributed by atoms with van der Waals surface area (Å²) < 4.78 is 15.8. The zero-order chi connectivity index (χ0) is 14.8. The summed E-state index contributed by atoms with van der Waals surface area (Å²) in [6.45, 7) is 4.28. The van der Waals surface area contributed by atoms with Crippen molar-refractivity contribution >= 4 is 23.5 Å². The second kappa shape index (κ2) is 8.76. The minimum atomic E-state index is 0.107. The topological polar surface area (TPSA) is 78.1 Å². The lowest BCUT2D eigenvalue weighted by molar-refractivity contribution is 0.176. The number of methoxy groups -OCH3 is 1. The minimum Gasteiger partial charge on any atom is -0.498 e. The van der Waals surface area contributed by atoms with Gasteiger partial charge in [-0.05, 0) is 36.0 Å². The highest BCUT2D eigenvalue weighted by atomic mass is 32.1. The molecule has 0 atom stereocenters. The van der Waals surface area contributed by atoms with Crippen LogP contribution in [0.2, 0.25) is 0 Å². The molecule has 0 aliphatic carbocycles. The number of ether oxygens (including phenoxy) is 3.